The lowest BCUT2D eigenvalue weighted by atomic mass is 10.3. The van der Waals surface area contributed by atoms with E-state index < -0.39 is 0 Å². The van der Waals surface area contributed by atoms with E-state index in [-0.39, 0.29) is 5.91 Å². The average molecular weight is 207 g/mol. The van der Waals surface area contributed by atoms with Crippen LogP contribution in [0, 0.1) is 0 Å². The van der Waals surface area contributed by atoms with Gasteiger partial charge in [-0.1, -0.05) is 6.08 Å². The molecular weight excluding hydrogens is 194 g/mol. The van der Waals surface area contributed by atoms with Gasteiger partial charge in [0, 0.05) is 23.3 Å². The van der Waals surface area contributed by atoms with Crippen LogP contribution in [0.4, 0.5) is 5.69 Å². The van der Waals surface area contributed by atoms with Crippen molar-refractivity contribution in [1.82, 2.24) is 0 Å². The summed E-state index contributed by atoms with van der Waals surface area (Å²) in [5.74, 6) is 0.857. The minimum Gasteiger partial charge on any atom is -0.326 e. The van der Waals surface area contributed by atoms with Crippen LogP contribution in [-0.4, -0.2) is 11.7 Å². The van der Waals surface area contributed by atoms with E-state index in [1.807, 2.05) is 30.3 Å². The van der Waals surface area contributed by atoms with Crippen LogP contribution in [0.1, 0.15) is 6.92 Å². The molecule has 0 atom stereocenters. The maximum atomic E-state index is 10.7. The average Bonchev–Trinajstić information content (AvgIpc) is 2.16. The molecule has 1 aromatic carbocycles. The number of rotatable bonds is 4. The van der Waals surface area contributed by atoms with Crippen molar-refractivity contribution in [2.75, 3.05) is 11.1 Å². The van der Waals surface area contributed by atoms with Crippen LogP contribution in [0.5, 0.6) is 0 Å². The standard InChI is InChI=1S/C11H13NOS/c1-3-8-14-11-6-4-10(5-7-11)12-9(2)13/h3-7H,1,8H2,2H3,(H,12,13). The Labute approximate surface area is 88.4 Å². The highest BCUT2D eigenvalue weighted by Gasteiger charge is 1.95. The lowest BCUT2D eigenvalue weighted by molar-refractivity contribution is -0.114. The van der Waals surface area contributed by atoms with Crippen molar-refractivity contribution in [3.05, 3.63) is 36.9 Å². The first-order chi connectivity index (χ1) is 6.72. The molecule has 0 bridgehead atoms. The normalized spacial score (nSPS) is 9.50. The zero-order valence-corrected chi connectivity index (χ0v) is 8.93. The fourth-order valence-corrected chi connectivity index (χ4v) is 1.63. The molecule has 0 radical (unpaired) electrons. The molecule has 0 saturated heterocycles. The molecule has 74 valence electrons. The zero-order valence-electron chi connectivity index (χ0n) is 8.12. The van der Waals surface area contributed by atoms with E-state index in [4.69, 9.17) is 0 Å². The maximum Gasteiger partial charge on any atom is 0.221 e. The van der Waals surface area contributed by atoms with E-state index in [0.717, 1.165) is 11.4 Å². The van der Waals surface area contributed by atoms with Gasteiger partial charge >= 0.3 is 0 Å². The Hall–Kier alpha value is -1.22. The fraction of sp³-hybridized carbons (Fsp3) is 0.182. The van der Waals surface area contributed by atoms with Gasteiger partial charge in [0.2, 0.25) is 5.91 Å². The van der Waals surface area contributed by atoms with Crippen molar-refractivity contribution >= 4 is 23.4 Å². The number of nitrogens with one attached hydrogen (secondary N) is 1. The van der Waals surface area contributed by atoms with Gasteiger partial charge in [-0.2, -0.15) is 0 Å². The van der Waals surface area contributed by atoms with Gasteiger partial charge in [-0.05, 0) is 24.3 Å². The molecule has 1 aromatic rings. The number of carbonyl (C=O) groups excluding carboxylic acids is 1. The quantitative estimate of drug-likeness (QED) is 0.607. The first-order valence-corrected chi connectivity index (χ1v) is 5.32. The van der Waals surface area contributed by atoms with Crippen molar-refractivity contribution in [3.63, 3.8) is 0 Å². The lowest BCUT2D eigenvalue weighted by Crippen LogP contribution is -2.05. The number of benzene rings is 1. The molecule has 1 amide bonds. The van der Waals surface area contributed by atoms with Gasteiger partial charge in [-0.3, -0.25) is 4.79 Å². The van der Waals surface area contributed by atoms with E-state index >= 15 is 0 Å². The third-order valence-electron chi connectivity index (χ3n) is 1.54. The first kappa shape index (κ1) is 10.9. The Kier molecular flexibility index (Phi) is 4.26. The van der Waals surface area contributed by atoms with Gasteiger partial charge < -0.3 is 5.32 Å². The molecule has 3 heteroatoms. The van der Waals surface area contributed by atoms with Gasteiger partial charge in [0.05, 0.1) is 0 Å². The van der Waals surface area contributed by atoms with Crippen molar-refractivity contribution in [3.8, 4) is 0 Å². The second kappa shape index (κ2) is 5.50. The molecule has 0 heterocycles. The molecule has 0 fully saturated rings. The van der Waals surface area contributed by atoms with Crippen molar-refractivity contribution in [1.29, 1.82) is 0 Å². The monoisotopic (exact) mass is 207 g/mol. The van der Waals surface area contributed by atoms with Crippen LogP contribution in [0.3, 0.4) is 0 Å². The summed E-state index contributed by atoms with van der Waals surface area (Å²) in [6.45, 7) is 5.16. The number of carbonyl (C=O) groups is 1. The van der Waals surface area contributed by atoms with Crippen molar-refractivity contribution < 1.29 is 4.79 Å². The first-order valence-electron chi connectivity index (χ1n) is 4.33. The summed E-state index contributed by atoms with van der Waals surface area (Å²) in [4.78, 5) is 11.9. The van der Waals surface area contributed by atoms with Gasteiger partial charge in [0.1, 0.15) is 0 Å². The highest BCUT2D eigenvalue weighted by Crippen LogP contribution is 2.19. The van der Waals surface area contributed by atoms with Crippen LogP contribution in [-0.2, 0) is 4.79 Å². The third-order valence-corrected chi connectivity index (χ3v) is 2.55. The number of thioether (sulfide) groups is 1. The summed E-state index contributed by atoms with van der Waals surface area (Å²) in [6.07, 6.45) is 1.87. The largest absolute Gasteiger partial charge is 0.326 e. The minimum absolute atomic E-state index is 0.0449. The Balaban J connectivity index is 2.58. The predicted octanol–water partition coefficient (Wildman–Crippen LogP) is 2.92. The van der Waals surface area contributed by atoms with E-state index in [1.54, 1.807) is 11.8 Å². The maximum absolute atomic E-state index is 10.7. The van der Waals surface area contributed by atoms with Crippen LogP contribution < -0.4 is 5.32 Å². The summed E-state index contributed by atoms with van der Waals surface area (Å²) in [7, 11) is 0. The second-order valence-electron chi connectivity index (χ2n) is 2.81. The smallest absolute Gasteiger partial charge is 0.221 e. The van der Waals surface area contributed by atoms with Gasteiger partial charge in [-0.15, -0.1) is 18.3 Å². The van der Waals surface area contributed by atoms with Gasteiger partial charge in [-0.25, -0.2) is 0 Å². The van der Waals surface area contributed by atoms with Crippen molar-refractivity contribution in [2.24, 2.45) is 0 Å². The molecular formula is C11H13NOS. The molecule has 1 rings (SSSR count). The molecule has 0 unspecified atom stereocenters. The SMILES string of the molecule is C=CCSc1ccc(NC(C)=O)cc1. The highest BCUT2D eigenvalue weighted by molar-refractivity contribution is 7.99. The molecule has 0 spiro atoms. The number of amides is 1. The summed E-state index contributed by atoms with van der Waals surface area (Å²) in [6, 6.07) is 7.76. The molecule has 1 N–H and O–H groups in total. The zero-order chi connectivity index (χ0) is 10.4. The summed E-state index contributed by atoms with van der Waals surface area (Å²) < 4.78 is 0. The number of anilines is 1. The Morgan fingerprint density at radius 3 is 2.64 bits per heavy atom. The van der Waals surface area contributed by atoms with E-state index in [9.17, 15) is 4.79 Å². The van der Waals surface area contributed by atoms with Crippen LogP contribution >= 0.6 is 11.8 Å². The Morgan fingerprint density at radius 1 is 1.50 bits per heavy atom. The van der Waals surface area contributed by atoms with Gasteiger partial charge in [0.25, 0.3) is 0 Å². The third kappa shape index (κ3) is 3.66. The minimum atomic E-state index is -0.0449. The molecule has 2 nitrogen and oxygen atoms in total. The number of hydrogen-bond donors (Lipinski definition) is 1. The molecule has 0 aliphatic rings. The molecule has 0 aliphatic heterocycles. The van der Waals surface area contributed by atoms with Crippen LogP contribution in [0.15, 0.2) is 41.8 Å². The Bertz CT molecular complexity index is 319. The highest BCUT2D eigenvalue weighted by atomic mass is 32.2. The summed E-state index contributed by atoms with van der Waals surface area (Å²) in [5, 5.41) is 2.72. The van der Waals surface area contributed by atoms with Crippen molar-refractivity contribution in [2.45, 2.75) is 11.8 Å². The number of hydrogen-bond acceptors (Lipinski definition) is 2. The summed E-state index contributed by atoms with van der Waals surface area (Å²) in [5.41, 5.74) is 0.834. The van der Waals surface area contributed by atoms with Crippen LogP contribution in [0.25, 0.3) is 0 Å². The fourth-order valence-electron chi connectivity index (χ4n) is 0.993. The lowest BCUT2D eigenvalue weighted by Gasteiger charge is -2.02. The van der Waals surface area contributed by atoms with E-state index in [1.165, 1.54) is 11.8 Å². The molecule has 0 aromatic heterocycles. The van der Waals surface area contributed by atoms with Gasteiger partial charge in [0.15, 0.2) is 0 Å². The molecule has 0 aliphatic carbocycles. The molecule has 14 heavy (non-hydrogen) atoms. The van der Waals surface area contributed by atoms with E-state index in [2.05, 4.69) is 11.9 Å². The topological polar surface area (TPSA) is 29.1 Å². The molecule has 0 saturated carbocycles. The van der Waals surface area contributed by atoms with E-state index in [0.29, 0.717) is 0 Å². The predicted molar refractivity (Wildman–Crippen MR) is 61.7 cm³/mol. The second-order valence-corrected chi connectivity index (χ2v) is 3.90. The Morgan fingerprint density at radius 2 is 2.14 bits per heavy atom. The summed E-state index contributed by atoms with van der Waals surface area (Å²) >= 11 is 1.72. The van der Waals surface area contributed by atoms with Crippen LogP contribution in [0.2, 0.25) is 0 Å².